The zero-order valence-corrected chi connectivity index (χ0v) is 20.9. The monoisotopic (exact) mass is 486 g/mol. The van der Waals surface area contributed by atoms with Crippen molar-refractivity contribution < 1.29 is 0 Å². The fourth-order valence-corrected chi connectivity index (χ4v) is 7.26. The molecule has 0 saturated carbocycles. The van der Waals surface area contributed by atoms with Crippen molar-refractivity contribution in [1.29, 1.82) is 0 Å². The summed E-state index contributed by atoms with van der Waals surface area (Å²) in [5, 5.41) is 10.5. The summed E-state index contributed by atoms with van der Waals surface area (Å²) in [5.41, 5.74) is 5.17. The molecule has 172 valence electrons. The molecule has 0 saturated heterocycles. The first-order chi connectivity index (χ1) is 18.4. The van der Waals surface area contributed by atoms with Crippen molar-refractivity contribution in [2.75, 3.05) is 0 Å². The van der Waals surface area contributed by atoms with Crippen LogP contribution in [0, 0.1) is 0 Å². The van der Waals surface area contributed by atoms with Crippen LogP contribution >= 0.6 is 11.3 Å². The second-order valence-electron chi connectivity index (χ2n) is 9.64. The van der Waals surface area contributed by atoms with E-state index in [1.54, 1.807) is 0 Å². The SMILES string of the molecule is c1ccc(-c2c3ccccc3c(-c3cccc4c3ccc3sc5ccccc5c34)c3ccccc23)cc1. The molecule has 1 aromatic heterocycles. The van der Waals surface area contributed by atoms with Gasteiger partial charge in [0.15, 0.2) is 0 Å². The van der Waals surface area contributed by atoms with Gasteiger partial charge in [0, 0.05) is 20.2 Å². The van der Waals surface area contributed by atoms with E-state index in [9.17, 15) is 0 Å². The van der Waals surface area contributed by atoms with Crippen LogP contribution in [-0.4, -0.2) is 0 Å². The minimum absolute atomic E-state index is 1.26. The van der Waals surface area contributed by atoms with Gasteiger partial charge in [-0.15, -0.1) is 11.3 Å². The van der Waals surface area contributed by atoms with Crippen molar-refractivity contribution in [3.8, 4) is 22.3 Å². The standard InChI is InChI=1S/C36H22S/c1-2-11-23(12-3-1)34-27-13-4-6-15-29(27)35(30-16-7-5-14-28(30)34)25-18-10-19-26-24(25)21-22-33-36(26)31-17-8-9-20-32(31)37-33/h1-22H. The number of benzene rings is 7. The molecule has 0 spiro atoms. The second-order valence-corrected chi connectivity index (χ2v) is 10.7. The summed E-state index contributed by atoms with van der Waals surface area (Å²) in [5.74, 6) is 0. The molecule has 8 aromatic rings. The van der Waals surface area contributed by atoms with E-state index in [4.69, 9.17) is 0 Å². The number of thiophene rings is 1. The van der Waals surface area contributed by atoms with E-state index in [0.717, 1.165) is 0 Å². The topological polar surface area (TPSA) is 0 Å². The summed E-state index contributed by atoms with van der Waals surface area (Å²) in [4.78, 5) is 0. The zero-order chi connectivity index (χ0) is 24.3. The van der Waals surface area contributed by atoms with Gasteiger partial charge < -0.3 is 0 Å². The molecule has 1 heterocycles. The van der Waals surface area contributed by atoms with E-state index in [2.05, 4.69) is 133 Å². The van der Waals surface area contributed by atoms with Gasteiger partial charge in [0.25, 0.3) is 0 Å². The van der Waals surface area contributed by atoms with Crippen molar-refractivity contribution in [1.82, 2.24) is 0 Å². The molecule has 37 heavy (non-hydrogen) atoms. The molecule has 0 fully saturated rings. The minimum Gasteiger partial charge on any atom is -0.135 e. The van der Waals surface area contributed by atoms with Crippen LogP contribution in [0.2, 0.25) is 0 Å². The van der Waals surface area contributed by atoms with Gasteiger partial charge in [-0.25, -0.2) is 0 Å². The second kappa shape index (κ2) is 8.03. The normalized spacial score (nSPS) is 11.8. The van der Waals surface area contributed by atoms with Crippen LogP contribution in [0.25, 0.3) is 74.7 Å². The highest BCUT2D eigenvalue weighted by atomic mass is 32.1. The van der Waals surface area contributed by atoms with Gasteiger partial charge >= 0.3 is 0 Å². The smallest absolute Gasteiger partial charge is 0.0361 e. The molecule has 0 unspecified atom stereocenters. The highest BCUT2D eigenvalue weighted by molar-refractivity contribution is 7.26. The van der Waals surface area contributed by atoms with E-state index in [0.29, 0.717) is 0 Å². The average Bonchev–Trinajstić information content (AvgIpc) is 3.35. The Bertz CT molecular complexity index is 2070. The van der Waals surface area contributed by atoms with Gasteiger partial charge in [-0.1, -0.05) is 121 Å². The van der Waals surface area contributed by atoms with Crippen LogP contribution in [0.4, 0.5) is 0 Å². The van der Waals surface area contributed by atoms with E-state index < -0.39 is 0 Å². The average molecular weight is 487 g/mol. The van der Waals surface area contributed by atoms with Gasteiger partial charge in [-0.2, -0.15) is 0 Å². The zero-order valence-electron chi connectivity index (χ0n) is 20.1. The Morgan fingerprint density at radius 2 is 0.892 bits per heavy atom. The maximum absolute atomic E-state index is 2.33. The maximum atomic E-state index is 2.33. The van der Waals surface area contributed by atoms with Crippen molar-refractivity contribution in [2.45, 2.75) is 0 Å². The van der Waals surface area contributed by atoms with Crippen LogP contribution < -0.4 is 0 Å². The summed E-state index contributed by atoms with van der Waals surface area (Å²) >= 11 is 1.88. The molecule has 7 aromatic carbocycles. The lowest BCUT2D eigenvalue weighted by atomic mass is 9.84. The third-order valence-electron chi connectivity index (χ3n) is 7.66. The van der Waals surface area contributed by atoms with Gasteiger partial charge in [0.2, 0.25) is 0 Å². The fourth-order valence-electron chi connectivity index (χ4n) is 6.13. The lowest BCUT2D eigenvalue weighted by Crippen LogP contribution is -1.91. The Kier molecular flexibility index (Phi) is 4.49. The van der Waals surface area contributed by atoms with Crippen molar-refractivity contribution in [2.24, 2.45) is 0 Å². The van der Waals surface area contributed by atoms with Crippen LogP contribution in [0.1, 0.15) is 0 Å². The minimum atomic E-state index is 1.26. The van der Waals surface area contributed by atoms with Crippen molar-refractivity contribution in [3.63, 3.8) is 0 Å². The predicted molar refractivity (Wildman–Crippen MR) is 163 cm³/mol. The first kappa shape index (κ1) is 20.7. The molecular weight excluding hydrogens is 464 g/mol. The highest BCUT2D eigenvalue weighted by Crippen LogP contribution is 2.47. The largest absolute Gasteiger partial charge is 0.135 e. The van der Waals surface area contributed by atoms with Crippen LogP contribution in [0.3, 0.4) is 0 Å². The summed E-state index contributed by atoms with van der Waals surface area (Å²) in [6.45, 7) is 0. The summed E-state index contributed by atoms with van der Waals surface area (Å²) < 4.78 is 2.69. The molecule has 0 atom stereocenters. The van der Waals surface area contributed by atoms with Gasteiger partial charge in [0.1, 0.15) is 0 Å². The summed E-state index contributed by atoms with van der Waals surface area (Å²) in [6.07, 6.45) is 0. The molecule has 0 amide bonds. The van der Waals surface area contributed by atoms with Gasteiger partial charge in [-0.3, -0.25) is 0 Å². The van der Waals surface area contributed by atoms with Crippen molar-refractivity contribution in [3.05, 3.63) is 133 Å². The Hall–Kier alpha value is -4.46. The number of hydrogen-bond acceptors (Lipinski definition) is 1. The molecule has 0 aliphatic carbocycles. The number of fused-ring (bicyclic) bond motifs is 7. The predicted octanol–water partition coefficient (Wildman–Crippen LogP) is 10.8. The Labute approximate surface area is 219 Å². The lowest BCUT2D eigenvalue weighted by Gasteiger charge is -2.19. The highest BCUT2D eigenvalue weighted by Gasteiger charge is 2.18. The van der Waals surface area contributed by atoms with Crippen LogP contribution in [0.15, 0.2) is 133 Å². The first-order valence-electron chi connectivity index (χ1n) is 12.7. The lowest BCUT2D eigenvalue weighted by molar-refractivity contribution is 1.66. The fraction of sp³-hybridized carbons (Fsp3) is 0. The molecule has 0 radical (unpaired) electrons. The van der Waals surface area contributed by atoms with E-state index >= 15 is 0 Å². The maximum Gasteiger partial charge on any atom is 0.0361 e. The third-order valence-corrected chi connectivity index (χ3v) is 8.80. The molecule has 0 aliphatic heterocycles. The van der Waals surface area contributed by atoms with E-state index in [-0.39, 0.29) is 0 Å². The first-order valence-corrected chi connectivity index (χ1v) is 13.5. The third kappa shape index (κ3) is 3.02. The van der Waals surface area contributed by atoms with Crippen LogP contribution in [-0.2, 0) is 0 Å². The molecule has 1 heteroatoms. The number of hydrogen-bond donors (Lipinski definition) is 0. The molecule has 0 N–H and O–H groups in total. The summed E-state index contributed by atoms with van der Waals surface area (Å²) in [6, 6.07) is 48.9. The molecule has 0 aliphatic rings. The number of rotatable bonds is 2. The molecule has 8 rings (SSSR count). The molecule has 0 nitrogen and oxygen atoms in total. The quantitative estimate of drug-likeness (QED) is 0.213. The van der Waals surface area contributed by atoms with Crippen LogP contribution in [0.5, 0.6) is 0 Å². The molecule has 0 bridgehead atoms. The molecular formula is C36H22S. The van der Waals surface area contributed by atoms with E-state index in [1.165, 1.54) is 74.7 Å². The Morgan fingerprint density at radius 1 is 0.324 bits per heavy atom. The Morgan fingerprint density at radius 3 is 1.59 bits per heavy atom. The van der Waals surface area contributed by atoms with Gasteiger partial charge in [0.05, 0.1) is 0 Å². The Balaban J connectivity index is 1.55. The summed E-state index contributed by atoms with van der Waals surface area (Å²) in [7, 11) is 0. The van der Waals surface area contributed by atoms with E-state index in [1.807, 2.05) is 11.3 Å². The van der Waals surface area contributed by atoms with Crippen molar-refractivity contribution >= 4 is 63.8 Å². The van der Waals surface area contributed by atoms with Gasteiger partial charge in [-0.05, 0) is 66.7 Å².